The maximum Gasteiger partial charge on any atom is 0.115 e. The second kappa shape index (κ2) is 8.01. The van der Waals surface area contributed by atoms with Crippen molar-refractivity contribution >= 4 is 0 Å². The molecule has 0 aromatic heterocycles. The molecular weight excluding hydrogens is 284 g/mol. The van der Waals surface area contributed by atoms with Crippen LogP contribution in [0, 0.1) is 11.8 Å². The van der Waals surface area contributed by atoms with Gasteiger partial charge >= 0.3 is 0 Å². The lowest BCUT2D eigenvalue weighted by Crippen LogP contribution is -2.25. The van der Waals surface area contributed by atoms with Gasteiger partial charge in [-0.25, -0.2) is 0 Å². The molecule has 1 aromatic rings. The first-order valence-corrected chi connectivity index (χ1v) is 9.27. The molecule has 0 amide bonds. The summed E-state index contributed by atoms with van der Waals surface area (Å²) in [5.41, 5.74) is 1.40. The number of benzene rings is 1. The fourth-order valence-corrected chi connectivity index (χ4v) is 4.24. The number of aromatic hydroxyl groups is 1. The van der Waals surface area contributed by atoms with E-state index >= 15 is 0 Å². The van der Waals surface area contributed by atoms with Gasteiger partial charge in [-0.05, 0) is 80.4 Å². The summed E-state index contributed by atoms with van der Waals surface area (Å²) < 4.78 is 5.83. The van der Waals surface area contributed by atoms with Crippen LogP contribution in [-0.4, -0.2) is 17.8 Å². The highest BCUT2D eigenvalue weighted by Crippen LogP contribution is 2.38. The van der Waals surface area contributed by atoms with Crippen LogP contribution in [0.2, 0.25) is 0 Å². The largest absolute Gasteiger partial charge is 0.508 e. The first-order valence-electron chi connectivity index (χ1n) is 9.27. The highest BCUT2D eigenvalue weighted by molar-refractivity contribution is 5.28. The molecule has 0 radical (unpaired) electrons. The van der Waals surface area contributed by atoms with Gasteiger partial charge in [-0.15, -0.1) is 6.58 Å². The van der Waals surface area contributed by atoms with E-state index in [9.17, 15) is 5.11 Å². The molecule has 126 valence electrons. The van der Waals surface area contributed by atoms with Crippen LogP contribution in [0.15, 0.2) is 36.9 Å². The lowest BCUT2D eigenvalue weighted by atomic mass is 9.76. The van der Waals surface area contributed by atoms with Crippen molar-refractivity contribution in [1.29, 1.82) is 0 Å². The van der Waals surface area contributed by atoms with Crippen molar-refractivity contribution in [3.05, 3.63) is 42.5 Å². The molecule has 1 saturated heterocycles. The number of hydrogen-bond donors (Lipinski definition) is 1. The SMILES string of the molecule is C=CC1CCC(CCC2CCC(c3ccc(O)cc3)CC2)CO1. The second-order valence-corrected chi connectivity index (χ2v) is 7.44. The van der Waals surface area contributed by atoms with Crippen LogP contribution in [0.4, 0.5) is 0 Å². The first-order chi connectivity index (χ1) is 11.2. The zero-order valence-corrected chi connectivity index (χ0v) is 14.1. The lowest BCUT2D eigenvalue weighted by molar-refractivity contribution is 0.00646. The Kier molecular flexibility index (Phi) is 5.77. The summed E-state index contributed by atoms with van der Waals surface area (Å²) in [6.07, 6.45) is 12.7. The van der Waals surface area contributed by atoms with Crippen LogP contribution in [0.1, 0.15) is 62.8 Å². The molecule has 0 bridgehead atoms. The number of phenolic OH excluding ortho intramolecular Hbond substituents is 1. The number of rotatable bonds is 5. The summed E-state index contributed by atoms with van der Waals surface area (Å²) in [5, 5.41) is 9.41. The summed E-state index contributed by atoms with van der Waals surface area (Å²) in [5.74, 6) is 2.73. The predicted octanol–water partition coefficient (Wildman–Crippen LogP) is 5.43. The van der Waals surface area contributed by atoms with E-state index in [-0.39, 0.29) is 0 Å². The predicted molar refractivity (Wildman–Crippen MR) is 94.7 cm³/mol. The zero-order valence-electron chi connectivity index (χ0n) is 14.1. The van der Waals surface area contributed by atoms with Gasteiger partial charge in [0.1, 0.15) is 5.75 Å². The molecule has 1 aromatic carbocycles. The Morgan fingerprint density at radius 1 is 0.957 bits per heavy atom. The minimum absolute atomic E-state index is 0.298. The molecule has 0 spiro atoms. The van der Waals surface area contributed by atoms with E-state index in [1.165, 1.54) is 50.5 Å². The Hall–Kier alpha value is -1.28. The standard InChI is InChI=1S/C21H30O2/c1-2-21-14-7-17(15-23-21)4-3-16-5-8-18(9-6-16)19-10-12-20(22)13-11-19/h2,10-13,16-18,21-22H,1,3-9,14-15H2. The average molecular weight is 314 g/mol. The fourth-order valence-electron chi connectivity index (χ4n) is 4.24. The van der Waals surface area contributed by atoms with Crippen LogP contribution in [0.25, 0.3) is 0 Å². The summed E-state index contributed by atoms with van der Waals surface area (Å²) in [4.78, 5) is 0. The van der Waals surface area contributed by atoms with Crippen molar-refractivity contribution in [2.45, 2.75) is 63.4 Å². The van der Waals surface area contributed by atoms with Gasteiger partial charge in [0.15, 0.2) is 0 Å². The Bertz CT molecular complexity index is 477. The molecule has 2 nitrogen and oxygen atoms in total. The van der Waals surface area contributed by atoms with Crippen LogP contribution in [0.5, 0.6) is 5.75 Å². The molecule has 2 unspecified atom stereocenters. The van der Waals surface area contributed by atoms with Crippen LogP contribution in [0.3, 0.4) is 0 Å². The monoisotopic (exact) mass is 314 g/mol. The van der Waals surface area contributed by atoms with Crippen molar-refractivity contribution in [1.82, 2.24) is 0 Å². The number of ether oxygens (including phenoxy) is 1. The maximum atomic E-state index is 9.41. The molecule has 1 aliphatic heterocycles. The Balaban J connectivity index is 1.38. The molecule has 2 fully saturated rings. The molecule has 3 rings (SSSR count). The van der Waals surface area contributed by atoms with E-state index in [0.29, 0.717) is 17.8 Å². The topological polar surface area (TPSA) is 29.5 Å². The average Bonchev–Trinajstić information content (AvgIpc) is 2.61. The van der Waals surface area contributed by atoms with E-state index in [4.69, 9.17) is 4.74 Å². The molecule has 2 aliphatic rings. The third kappa shape index (κ3) is 4.60. The maximum absolute atomic E-state index is 9.41. The van der Waals surface area contributed by atoms with Crippen LogP contribution >= 0.6 is 0 Å². The van der Waals surface area contributed by atoms with Gasteiger partial charge in [0.05, 0.1) is 12.7 Å². The molecule has 2 heteroatoms. The Morgan fingerprint density at radius 3 is 2.22 bits per heavy atom. The third-order valence-electron chi connectivity index (χ3n) is 5.86. The van der Waals surface area contributed by atoms with Gasteiger partial charge in [0.2, 0.25) is 0 Å². The molecule has 1 aliphatic carbocycles. The van der Waals surface area contributed by atoms with E-state index in [0.717, 1.165) is 24.9 Å². The highest BCUT2D eigenvalue weighted by Gasteiger charge is 2.25. The van der Waals surface area contributed by atoms with Crippen molar-refractivity contribution in [3.63, 3.8) is 0 Å². The normalized spacial score (nSPS) is 31.7. The van der Waals surface area contributed by atoms with Gasteiger partial charge in [-0.3, -0.25) is 0 Å². The van der Waals surface area contributed by atoms with Crippen LogP contribution in [-0.2, 0) is 4.74 Å². The Labute approximate surface area is 140 Å². The van der Waals surface area contributed by atoms with E-state index < -0.39 is 0 Å². The second-order valence-electron chi connectivity index (χ2n) is 7.44. The molecule has 1 saturated carbocycles. The minimum Gasteiger partial charge on any atom is -0.508 e. The van der Waals surface area contributed by atoms with Gasteiger partial charge in [-0.1, -0.05) is 24.6 Å². The number of phenols is 1. The first kappa shape index (κ1) is 16.6. The summed E-state index contributed by atoms with van der Waals surface area (Å²) in [6.45, 7) is 4.76. The summed E-state index contributed by atoms with van der Waals surface area (Å²) in [7, 11) is 0. The smallest absolute Gasteiger partial charge is 0.115 e. The van der Waals surface area contributed by atoms with E-state index in [1.54, 1.807) is 0 Å². The molecule has 23 heavy (non-hydrogen) atoms. The van der Waals surface area contributed by atoms with Crippen molar-refractivity contribution in [2.24, 2.45) is 11.8 Å². The van der Waals surface area contributed by atoms with Gasteiger partial charge in [0.25, 0.3) is 0 Å². The van der Waals surface area contributed by atoms with E-state index in [2.05, 4.69) is 18.7 Å². The highest BCUT2D eigenvalue weighted by atomic mass is 16.5. The van der Waals surface area contributed by atoms with Gasteiger partial charge in [0, 0.05) is 0 Å². The minimum atomic E-state index is 0.298. The molecule has 1 N–H and O–H groups in total. The van der Waals surface area contributed by atoms with Crippen molar-refractivity contribution in [2.75, 3.05) is 6.61 Å². The molecular formula is C21H30O2. The quantitative estimate of drug-likeness (QED) is 0.735. The Morgan fingerprint density at radius 2 is 1.61 bits per heavy atom. The molecule has 1 heterocycles. The van der Waals surface area contributed by atoms with Gasteiger partial charge < -0.3 is 9.84 Å². The van der Waals surface area contributed by atoms with Crippen LogP contribution < -0.4 is 0 Å². The number of hydrogen-bond acceptors (Lipinski definition) is 2. The molecule has 2 atom stereocenters. The van der Waals surface area contributed by atoms with Crippen molar-refractivity contribution in [3.8, 4) is 5.75 Å². The van der Waals surface area contributed by atoms with Gasteiger partial charge in [-0.2, -0.15) is 0 Å². The van der Waals surface area contributed by atoms with Crippen molar-refractivity contribution < 1.29 is 9.84 Å². The van der Waals surface area contributed by atoms with E-state index in [1.807, 2.05) is 18.2 Å². The lowest BCUT2D eigenvalue weighted by Gasteiger charge is -2.31. The summed E-state index contributed by atoms with van der Waals surface area (Å²) in [6, 6.07) is 7.83. The zero-order chi connectivity index (χ0) is 16.1. The summed E-state index contributed by atoms with van der Waals surface area (Å²) >= 11 is 0. The third-order valence-corrected chi connectivity index (χ3v) is 5.86. The fraction of sp³-hybridized carbons (Fsp3) is 0.619.